The lowest BCUT2D eigenvalue weighted by Crippen LogP contribution is -2.04. The first-order valence-electron chi connectivity index (χ1n) is 6.54. The summed E-state index contributed by atoms with van der Waals surface area (Å²) >= 11 is 1.17. The molecule has 0 aliphatic rings. The number of nitrogens with one attached hydrogen (secondary N) is 1. The van der Waals surface area contributed by atoms with Gasteiger partial charge >= 0.3 is 5.97 Å². The third-order valence-corrected chi connectivity index (χ3v) is 3.93. The molecule has 2 rings (SSSR count). The van der Waals surface area contributed by atoms with E-state index in [1.165, 1.54) is 18.3 Å². The lowest BCUT2D eigenvalue weighted by atomic mass is 10.1. The predicted molar refractivity (Wildman–Crippen MR) is 84.5 cm³/mol. The van der Waals surface area contributed by atoms with Crippen molar-refractivity contribution < 1.29 is 19.4 Å². The molecule has 0 fully saturated rings. The molecule has 2 N–H and O–H groups in total. The van der Waals surface area contributed by atoms with E-state index in [0.29, 0.717) is 15.7 Å². The number of thiazole rings is 1. The number of rotatable bonds is 5. The van der Waals surface area contributed by atoms with Crippen LogP contribution in [-0.2, 0) is 16.0 Å². The van der Waals surface area contributed by atoms with Crippen LogP contribution in [0, 0.1) is 6.92 Å². The molecule has 116 valence electrons. The van der Waals surface area contributed by atoms with Gasteiger partial charge in [0.25, 0.3) is 0 Å². The fourth-order valence-electron chi connectivity index (χ4n) is 2.06. The Morgan fingerprint density at radius 1 is 1.41 bits per heavy atom. The zero-order valence-electron chi connectivity index (χ0n) is 12.5. The number of aromatic nitrogens is 1. The Hall–Kier alpha value is -2.41. The zero-order chi connectivity index (χ0) is 16.3. The second-order valence-electron chi connectivity index (χ2n) is 4.73. The standard InChI is InChI=1S/C15H16N2O4S/c1-8-6-10(4-5-11(8)21-3)14-12(7-13(19)20)22-15(17-14)16-9(2)18/h4-6H,7H2,1-3H3,(H,19,20)(H,16,17,18). The molecule has 0 saturated carbocycles. The highest BCUT2D eigenvalue weighted by molar-refractivity contribution is 7.16. The Balaban J connectivity index is 2.47. The molecule has 2 aromatic rings. The first-order valence-corrected chi connectivity index (χ1v) is 7.36. The largest absolute Gasteiger partial charge is 0.496 e. The van der Waals surface area contributed by atoms with E-state index >= 15 is 0 Å². The average molecular weight is 320 g/mol. The van der Waals surface area contributed by atoms with Crippen molar-refractivity contribution in [3.8, 4) is 17.0 Å². The van der Waals surface area contributed by atoms with Gasteiger partial charge in [0, 0.05) is 17.4 Å². The molecule has 0 unspecified atom stereocenters. The van der Waals surface area contributed by atoms with Gasteiger partial charge in [0.15, 0.2) is 5.13 Å². The summed E-state index contributed by atoms with van der Waals surface area (Å²) in [4.78, 5) is 27.1. The van der Waals surface area contributed by atoms with E-state index in [1.807, 2.05) is 25.1 Å². The van der Waals surface area contributed by atoms with E-state index < -0.39 is 5.97 Å². The predicted octanol–water partition coefficient (Wildman–Crippen LogP) is 2.71. The monoisotopic (exact) mass is 320 g/mol. The van der Waals surface area contributed by atoms with Crippen molar-refractivity contribution in [3.05, 3.63) is 28.6 Å². The Labute approximate surface area is 131 Å². The highest BCUT2D eigenvalue weighted by Crippen LogP contribution is 2.33. The Bertz CT molecular complexity index is 724. The minimum absolute atomic E-state index is 0.141. The number of carboxylic acid groups (broad SMARTS) is 1. The fraction of sp³-hybridized carbons (Fsp3) is 0.267. The lowest BCUT2D eigenvalue weighted by Gasteiger charge is -2.07. The smallest absolute Gasteiger partial charge is 0.308 e. The van der Waals surface area contributed by atoms with Crippen LogP contribution in [0.5, 0.6) is 5.75 Å². The summed E-state index contributed by atoms with van der Waals surface area (Å²) < 4.78 is 5.22. The molecule has 1 heterocycles. The number of benzene rings is 1. The van der Waals surface area contributed by atoms with Crippen LogP contribution in [0.3, 0.4) is 0 Å². The second-order valence-corrected chi connectivity index (χ2v) is 5.81. The summed E-state index contributed by atoms with van der Waals surface area (Å²) in [5.74, 6) is -0.432. The molecule has 0 radical (unpaired) electrons. The topological polar surface area (TPSA) is 88.5 Å². The number of hydrogen-bond acceptors (Lipinski definition) is 5. The summed E-state index contributed by atoms with van der Waals surface area (Å²) in [5.41, 5.74) is 2.29. The maximum Gasteiger partial charge on any atom is 0.308 e. The maximum atomic E-state index is 11.2. The van der Waals surface area contributed by atoms with Gasteiger partial charge in [-0.05, 0) is 30.7 Å². The number of methoxy groups -OCH3 is 1. The van der Waals surface area contributed by atoms with Gasteiger partial charge < -0.3 is 15.2 Å². The highest BCUT2D eigenvalue weighted by Gasteiger charge is 2.17. The van der Waals surface area contributed by atoms with E-state index in [4.69, 9.17) is 9.84 Å². The molecule has 6 nitrogen and oxygen atoms in total. The number of carbonyl (C=O) groups is 2. The highest BCUT2D eigenvalue weighted by atomic mass is 32.1. The van der Waals surface area contributed by atoms with Gasteiger partial charge in [0.2, 0.25) is 5.91 Å². The fourth-order valence-corrected chi connectivity index (χ4v) is 3.09. The van der Waals surface area contributed by atoms with Gasteiger partial charge in [0.05, 0.1) is 19.2 Å². The van der Waals surface area contributed by atoms with Crippen molar-refractivity contribution in [2.75, 3.05) is 12.4 Å². The van der Waals surface area contributed by atoms with Crippen LogP contribution >= 0.6 is 11.3 Å². The van der Waals surface area contributed by atoms with Crippen molar-refractivity contribution in [1.29, 1.82) is 0 Å². The first-order chi connectivity index (χ1) is 10.4. The molecule has 0 atom stereocenters. The van der Waals surface area contributed by atoms with Crippen molar-refractivity contribution in [2.24, 2.45) is 0 Å². The van der Waals surface area contributed by atoms with Crippen molar-refractivity contribution >= 4 is 28.3 Å². The van der Waals surface area contributed by atoms with E-state index in [9.17, 15) is 9.59 Å². The van der Waals surface area contributed by atoms with Crippen molar-refractivity contribution in [3.63, 3.8) is 0 Å². The number of amides is 1. The van der Waals surface area contributed by atoms with Crippen LogP contribution in [0.1, 0.15) is 17.4 Å². The van der Waals surface area contributed by atoms with Gasteiger partial charge in [-0.25, -0.2) is 4.98 Å². The van der Waals surface area contributed by atoms with Crippen LogP contribution in [-0.4, -0.2) is 29.1 Å². The van der Waals surface area contributed by atoms with Crippen LogP contribution in [0.4, 0.5) is 5.13 Å². The van der Waals surface area contributed by atoms with Crippen molar-refractivity contribution in [1.82, 2.24) is 4.98 Å². The summed E-state index contributed by atoms with van der Waals surface area (Å²) in [6, 6.07) is 5.52. The number of hydrogen-bond donors (Lipinski definition) is 2. The molecule has 0 spiro atoms. The van der Waals surface area contributed by atoms with Gasteiger partial charge in [-0.3, -0.25) is 9.59 Å². The zero-order valence-corrected chi connectivity index (χ0v) is 13.3. The average Bonchev–Trinajstić information content (AvgIpc) is 2.79. The van der Waals surface area contributed by atoms with Gasteiger partial charge in [0.1, 0.15) is 5.75 Å². The number of nitrogens with zero attached hydrogens (tertiary/aromatic N) is 1. The Kier molecular flexibility index (Phi) is 4.77. The molecule has 1 aromatic carbocycles. The van der Waals surface area contributed by atoms with Crippen LogP contribution in [0.15, 0.2) is 18.2 Å². The Morgan fingerprint density at radius 2 is 2.14 bits per heavy atom. The van der Waals surface area contributed by atoms with Crippen LogP contribution in [0.25, 0.3) is 11.3 Å². The summed E-state index contributed by atoms with van der Waals surface area (Å²) in [6.07, 6.45) is -0.141. The molecule has 0 bridgehead atoms. The van der Waals surface area contributed by atoms with Gasteiger partial charge in [-0.1, -0.05) is 0 Å². The third kappa shape index (κ3) is 3.62. The molecule has 1 aromatic heterocycles. The summed E-state index contributed by atoms with van der Waals surface area (Å²) in [7, 11) is 1.59. The van der Waals surface area contributed by atoms with E-state index in [0.717, 1.165) is 16.9 Å². The van der Waals surface area contributed by atoms with Gasteiger partial charge in [-0.2, -0.15) is 0 Å². The second kappa shape index (κ2) is 6.57. The number of anilines is 1. The van der Waals surface area contributed by atoms with E-state index in [-0.39, 0.29) is 12.3 Å². The maximum absolute atomic E-state index is 11.2. The Morgan fingerprint density at radius 3 is 2.68 bits per heavy atom. The number of ether oxygens (including phenoxy) is 1. The summed E-state index contributed by atoms with van der Waals surface area (Å²) in [6.45, 7) is 3.29. The third-order valence-electron chi connectivity index (χ3n) is 2.96. The first kappa shape index (κ1) is 16.0. The van der Waals surface area contributed by atoms with Crippen LogP contribution in [0.2, 0.25) is 0 Å². The molecule has 1 amide bonds. The molecular formula is C15H16N2O4S. The quantitative estimate of drug-likeness (QED) is 0.884. The number of carboxylic acids is 1. The normalized spacial score (nSPS) is 10.3. The molecule has 0 aliphatic heterocycles. The molecular weight excluding hydrogens is 304 g/mol. The summed E-state index contributed by atoms with van der Waals surface area (Å²) in [5, 5.41) is 12.0. The lowest BCUT2D eigenvalue weighted by molar-refractivity contribution is -0.136. The van der Waals surface area contributed by atoms with E-state index in [1.54, 1.807) is 7.11 Å². The molecule has 0 aliphatic carbocycles. The van der Waals surface area contributed by atoms with Crippen molar-refractivity contribution in [2.45, 2.75) is 20.3 Å². The molecule has 0 saturated heterocycles. The minimum atomic E-state index is -0.940. The number of carbonyl (C=O) groups excluding carboxylic acids is 1. The number of aryl methyl sites for hydroxylation is 1. The SMILES string of the molecule is COc1ccc(-c2nc(NC(C)=O)sc2CC(=O)O)cc1C. The molecule has 7 heteroatoms. The minimum Gasteiger partial charge on any atom is -0.496 e. The number of aliphatic carboxylic acids is 1. The molecule has 22 heavy (non-hydrogen) atoms. The van der Waals surface area contributed by atoms with Gasteiger partial charge in [-0.15, -0.1) is 11.3 Å². The van der Waals surface area contributed by atoms with E-state index in [2.05, 4.69) is 10.3 Å². The van der Waals surface area contributed by atoms with Crippen LogP contribution < -0.4 is 10.1 Å².